The van der Waals surface area contributed by atoms with E-state index in [-0.39, 0.29) is 23.6 Å². The lowest BCUT2D eigenvalue weighted by atomic mass is 9.95. The number of benzene rings is 1. The summed E-state index contributed by atoms with van der Waals surface area (Å²) in [5.41, 5.74) is 0.991. The summed E-state index contributed by atoms with van der Waals surface area (Å²) in [6, 6.07) is 13.1. The molecule has 0 saturated carbocycles. The highest BCUT2D eigenvalue weighted by Crippen LogP contribution is 2.21. The van der Waals surface area contributed by atoms with Crippen molar-refractivity contribution in [2.24, 2.45) is 5.92 Å². The molecule has 2 fully saturated rings. The van der Waals surface area contributed by atoms with Gasteiger partial charge in [0, 0.05) is 51.3 Å². The molecule has 0 N–H and O–H groups in total. The minimum atomic E-state index is -0.132. The zero-order valence-electron chi connectivity index (χ0n) is 17.5. The number of carbonyl (C=O) groups is 3. The quantitative estimate of drug-likeness (QED) is 0.711. The minimum Gasteiger partial charge on any atom is -0.459 e. The Bertz CT molecular complexity index is 923. The molecule has 0 bridgehead atoms. The van der Waals surface area contributed by atoms with Crippen molar-refractivity contribution in [3.63, 3.8) is 0 Å². The van der Waals surface area contributed by atoms with Crippen molar-refractivity contribution < 1.29 is 18.8 Å². The molecule has 3 heterocycles. The molecule has 162 valence electrons. The van der Waals surface area contributed by atoms with Crippen LogP contribution in [0.4, 0.5) is 0 Å². The molecule has 4 rings (SSSR count). The minimum absolute atomic E-state index is 0.0141. The second-order valence-electron chi connectivity index (χ2n) is 7.94. The van der Waals surface area contributed by atoms with E-state index in [1.807, 2.05) is 46.2 Å². The van der Waals surface area contributed by atoms with Crippen molar-refractivity contribution in [3.05, 3.63) is 66.1 Å². The van der Waals surface area contributed by atoms with Gasteiger partial charge in [-0.3, -0.25) is 14.4 Å². The Balaban J connectivity index is 1.23. The van der Waals surface area contributed by atoms with Crippen LogP contribution in [-0.2, 0) is 9.59 Å². The van der Waals surface area contributed by atoms with E-state index in [1.165, 1.54) is 6.26 Å². The lowest BCUT2D eigenvalue weighted by Crippen LogP contribution is -2.53. The SMILES string of the molecule is O=C(/C=C/c1ccccc1)N1CCC(C(=O)N2CCN(C(=O)c3ccco3)CC2)CC1. The summed E-state index contributed by atoms with van der Waals surface area (Å²) in [6.07, 6.45) is 6.27. The van der Waals surface area contributed by atoms with Crippen LogP contribution in [0, 0.1) is 5.92 Å². The molecule has 0 atom stereocenters. The van der Waals surface area contributed by atoms with Gasteiger partial charge < -0.3 is 19.1 Å². The van der Waals surface area contributed by atoms with Crippen molar-refractivity contribution in [1.82, 2.24) is 14.7 Å². The fourth-order valence-electron chi connectivity index (χ4n) is 4.13. The van der Waals surface area contributed by atoms with Crippen molar-refractivity contribution in [2.75, 3.05) is 39.3 Å². The van der Waals surface area contributed by atoms with Gasteiger partial charge in [0.15, 0.2) is 5.76 Å². The number of hydrogen-bond acceptors (Lipinski definition) is 4. The first-order valence-corrected chi connectivity index (χ1v) is 10.8. The molecule has 2 saturated heterocycles. The summed E-state index contributed by atoms with van der Waals surface area (Å²) in [4.78, 5) is 43.1. The van der Waals surface area contributed by atoms with Crippen molar-refractivity contribution in [1.29, 1.82) is 0 Å². The summed E-state index contributed by atoms with van der Waals surface area (Å²) >= 11 is 0. The molecular formula is C24H27N3O4. The average molecular weight is 421 g/mol. The fourth-order valence-corrected chi connectivity index (χ4v) is 4.13. The third-order valence-electron chi connectivity index (χ3n) is 5.98. The number of carbonyl (C=O) groups excluding carboxylic acids is 3. The van der Waals surface area contributed by atoms with Crippen molar-refractivity contribution in [2.45, 2.75) is 12.8 Å². The van der Waals surface area contributed by atoms with Crippen LogP contribution in [-0.4, -0.2) is 71.7 Å². The third kappa shape index (κ3) is 5.05. The van der Waals surface area contributed by atoms with Crippen LogP contribution in [0.25, 0.3) is 6.08 Å². The average Bonchev–Trinajstić information content (AvgIpc) is 3.37. The van der Waals surface area contributed by atoms with E-state index in [0.717, 1.165) is 5.56 Å². The molecule has 3 amide bonds. The Morgan fingerprint density at radius 3 is 2.13 bits per heavy atom. The highest BCUT2D eigenvalue weighted by Gasteiger charge is 2.32. The molecule has 0 radical (unpaired) electrons. The smallest absolute Gasteiger partial charge is 0.289 e. The molecule has 0 aliphatic carbocycles. The molecule has 0 unspecified atom stereocenters. The highest BCUT2D eigenvalue weighted by atomic mass is 16.3. The van der Waals surface area contributed by atoms with Gasteiger partial charge in [-0.05, 0) is 36.6 Å². The molecule has 1 aromatic heterocycles. The molecule has 31 heavy (non-hydrogen) atoms. The summed E-state index contributed by atoms with van der Waals surface area (Å²) in [7, 11) is 0. The third-order valence-corrected chi connectivity index (χ3v) is 5.98. The van der Waals surface area contributed by atoms with Gasteiger partial charge in [-0.1, -0.05) is 30.3 Å². The number of piperazine rings is 1. The lowest BCUT2D eigenvalue weighted by Gasteiger charge is -2.38. The van der Waals surface area contributed by atoms with Crippen LogP contribution in [0.1, 0.15) is 29.0 Å². The van der Waals surface area contributed by atoms with E-state index in [1.54, 1.807) is 23.1 Å². The van der Waals surface area contributed by atoms with Gasteiger partial charge in [0.1, 0.15) is 0 Å². The summed E-state index contributed by atoms with van der Waals surface area (Å²) < 4.78 is 5.18. The van der Waals surface area contributed by atoms with Crippen LogP contribution in [0.3, 0.4) is 0 Å². The maximum atomic E-state index is 12.9. The predicted molar refractivity (Wildman–Crippen MR) is 116 cm³/mol. The number of amides is 3. The Kier molecular flexibility index (Phi) is 6.50. The second-order valence-corrected chi connectivity index (χ2v) is 7.94. The highest BCUT2D eigenvalue weighted by molar-refractivity contribution is 5.92. The van der Waals surface area contributed by atoms with E-state index < -0.39 is 0 Å². The summed E-state index contributed by atoms with van der Waals surface area (Å²) in [5, 5.41) is 0. The Labute approximate surface area is 181 Å². The standard InChI is InChI=1S/C24H27N3O4/c28-22(9-8-19-5-2-1-3-6-19)25-12-10-20(11-13-25)23(29)26-14-16-27(17-15-26)24(30)21-7-4-18-31-21/h1-9,18,20H,10-17H2/b9-8+. The number of hydrogen-bond donors (Lipinski definition) is 0. The molecule has 2 aliphatic heterocycles. The second kappa shape index (κ2) is 9.64. The van der Waals surface area contributed by atoms with Crippen molar-refractivity contribution in [3.8, 4) is 0 Å². The number of furan rings is 1. The van der Waals surface area contributed by atoms with Crippen LogP contribution in [0.5, 0.6) is 0 Å². The van der Waals surface area contributed by atoms with E-state index in [0.29, 0.717) is 57.9 Å². The molecule has 1 aromatic carbocycles. The first kappa shape index (κ1) is 20.9. The molecule has 2 aliphatic rings. The normalized spacial score (nSPS) is 17.9. The largest absolute Gasteiger partial charge is 0.459 e. The molecule has 0 spiro atoms. The zero-order chi connectivity index (χ0) is 21.6. The summed E-state index contributed by atoms with van der Waals surface area (Å²) in [5.74, 6) is 0.261. The first-order valence-electron chi connectivity index (χ1n) is 10.8. The molecule has 7 heteroatoms. The van der Waals surface area contributed by atoms with Gasteiger partial charge in [-0.2, -0.15) is 0 Å². The van der Waals surface area contributed by atoms with E-state index in [2.05, 4.69) is 0 Å². The molecular weight excluding hydrogens is 394 g/mol. The Hall–Kier alpha value is -3.35. The van der Waals surface area contributed by atoms with Gasteiger partial charge in [-0.15, -0.1) is 0 Å². The van der Waals surface area contributed by atoms with Crippen LogP contribution < -0.4 is 0 Å². The van der Waals surface area contributed by atoms with E-state index in [4.69, 9.17) is 4.42 Å². The maximum absolute atomic E-state index is 12.9. The Morgan fingerprint density at radius 1 is 0.806 bits per heavy atom. The fraction of sp³-hybridized carbons (Fsp3) is 0.375. The van der Waals surface area contributed by atoms with Crippen LogP contribution >= 0.6 is 0 Å². The van der Waals surface area contributed by atoms with E-state index >= 15 is 0 Å². The number of likely N-dealkylation sites (tertiary alicyclic amines) is 1. The maximum Gasteiger partial charge on any atom is 0.289 e. The number of rotatable bonds is 4. The van der Waals surface area contributed by atoms with E-state index in [9.17, 15) is 14.4 Å². The monoisotopic (exact) mass is 421 g/mol. The summed E-state index contributed by atoms with van der Waals surface area (Å²) in [6.45, 7) is 3.25. The molecule has 2 aromatic rings. The van der Waals surface area contributed by atoms with Crippen LogP contribution in [0.2, 0.25) is 0 Å². The topological polar surface area (TPSA) is 74.1 Å². The van der Waals surface area contributed by atoms with Gasteiger partial charge in [-0.25, -0.2) is 0 Å². The van der Waals surface area contributed by atoms with Gasteiger partial charge in [0.2, 0.25) is 11.8 Å². The van der Waals surface area contributed by atoms with Gasteiger partial charge in [0.05, 0.1) is 6.26 Å². The zero-order valence-corrected chi connectivity index (χ0v) is 17.5. The Morgan fingerprint density at radius 2 is 1.48 bits per heavy atom. The lowest BCUT2D eigenvalue weighted by molar-refractivity contribution is -0.140. The van der Waals surface area contributed by atoms with Crippen molar-refractivity contribution >= 4 is 23.8 Å². The first-order chi connectivity index (χ1) is 15.1. The molecule has 7 nitrogen and oxygen atoms in total. The van der Waals surface area contributed by atoms with Gasteiger partial charge >= 0.3 is 0 Å². The van der Waals surface area contributed by atoms with Gasteiger partial charge in [0.25, 0.3) is 5.91 Å². The number of nitrogens with zero attached hydrogens (tertiary/aromatic N) is 3. The predicted octanol–water partition coefficient (Wildman–Crippen LogP) is 2.52. The number of piperidine rings is 1. The van der Waals surface area contributed by atoms with Crippen LogP contribution in [0.15, 0.2) is 59.2 Å².